The Morgan fingerprint density at radius 2 is 2.11 bits per heavy atom. The standard InChI is InChI=1S/C22H19N3O2S/c1-14-13-27-10-9-25(14)22(26)20-12-17-5-7-19(24-21(17)28-20)16-4-6-18-15(11-16)3-2-8-23-18/h2-8,11-12,14H,9-10,13H2,1H3/t14-/m1/s1. The number of thiophene rings is 1. The highest BCUT2D eigenvalue weighted by atomic mass is 32.1. The van der Waals surface area contributed by atoms with Gasteiger partial charge >= 0.3 is 0 Å². The molecular formula is C22H19N3O2S. The molecule has 5 rings (SSSR count). The van der Waals surface area contributed by atoms with Crippen LogP contribution >= 0.6 is 11.3 Å². The molecule has 0 bridgehead atoms. The van der Waals surface area contributed by atoms with Crippen LogP contribution in [0.4, 0.5) is 0 Å². The lowest BCUT2D eigenvalue weighted by Gasteiger charge is -2.32. The zero-order chi connectivity index (χ0) is 19.1. The fourth-order valence-corrected chi connectivity index (χ4v) is 4.58. The number of aromatic nitrogens is 2. The smallest absolute Gasteiger partial charge is 0.264 e. The zero-order valence-electron chi connectivity index (χ0n) is 15.5. The van der Waals surface area contributed by atoms with Gasteiger partial charge in [0.25, 0.3) is 5.91 Å². The number of carbonyl (C=O) groups is 1. The van der Waals surface area contributed by atoms with E-state index in [2.05, 4.69) is 17.1 Å². The molecule has 1 saturated heterocycles. The van der Waals surface area contributed by atoms with E-state index < -0.39 is 0 Å². The van der Waals surface area contributed by atoms with Crippen molar-refractivity contribution in [3.8, 4) is 11.3 Å². The Bertz CT molecular complexity index is 1190. The van der Waals surface area contributed by atoms with Crippen LogP contribution in [0.25, 0.3) is 32.4 Å². The van der Waals surface area contributed by atoms with Gasteiger partial charge in [-0.25, -0.2) is 4.98 Å². The van der Waals surface area contributed by atoms with Crippen molar-refractivity contribution in [2.75, 3.05) is 19.8 Å². The molecule has 0 radical (unpaired) electrons. The van der Waals surface area contributed by atoms with Gasteiger partial charge in [0.2, 0.25) is 0 Å². The number of hydrogen-bond donors (Lipinski definition) is 0. The maximum atomic E-state index is 12.9. The average Bonchev–Trinajstić information content (AvgIpc) is 3.16. The highest BCUT2D eigenvalue weighted by Gasteiger charge is 2.26. The highest BCUT2D eigenvalue weighted by Crippen LogP contribution is 2.30. The molecule has 0 spiro atoms. The van der Waals surface area contributed by atoms with E-state index in [9.17, 15) is 4.79 Å². The summed E-state index contributed by atoms with van der Waals surface area (Å²) in [6.07, 6.45) is 1.80. The molecule has 5 nitrogen and oxygen atoms in total. The summed E-state index contributed by atoms with van der Waals surface area (Å²) in [6.45, 7) is 3.85. The first-order chi connectivity index (χ1) is 13.7. The summed E-state index contributed by atoms with van der Waals surface area (Å²) >= 11 is 1.46. The Kier molecular flexibility index (Phi) is 4.30. The van der Waals surface area contributed by atoms with Gasteiger partial charge < -0.3 is 9.64 Å². The molecule has 1 aromatic carbocycles. The second-order valence-electron chi connectivity index (χ2n) is 7.03. The van der Waals surface area contributed by atoms with E-state index >= 15 is 0 Å². The third kappa shape index (κ3) is 3.04. The first-order valence-electron chi connectivity index (χ1n) is 9.33. The maximum Gasteiger partial charge on any atom is 0.264 e. The predicted molar refractivity (Wildman–Crippen MR) is 112 cm³/mol. The Morgan fingerprint density at radius 1 is 1.18 bits per heavy atom. The molecule has 6 heteroatoms. The molecule has 0 unspecified atom stereocenters. The van der Waals surface area contributed by atoms with Crippen molar-refractivity contribution in [3.05, 3.63) is 59.6 Å². The molecular weight excluding hydrogens is 370 g/mol. The SMILES string of the molecule is C[C@@H]1COCCN1C(=O)c1cc2ccc(-c3ccc4ncccc4c3)nc2s1. The van der Waals surface area contributed by atoms with Crippen LogP contribution in [-0.4, -0.2) is 46.6 Å². The van der Waals surface area contributed by atoms with Gasteiger partial charge in [0, 0.05) is 29.1 Å². The first kappa shape index (κ1) is 17.3. The number of carbonyl (C=O) groups excluding carboxylic acids is 1. The van der Waals surface area contributed by atoms with Gasteiger partial charge in [0.15, 0.2) is 0 Å². The van der Waals surface area contributed by atoms with E-state index in [1.54, 1.807) is 6.20 Å². The molecule has 3 aromatic heterocycles. The summed E-state index contributed by atoms with van der Waals surface area (Å²) in [6, 6.07) is 16.2. The molecule has 0 aliphatic carbocycles. The normalized spacial score (nSPS) is 17.3. The van der Waals surface area contributed by atoms with E-state index in [0.29, 0.717) is 19.8 Å². The van der Waals surface area contributed by atoms with Crippen LogP contribution in [0.3, 0.4) is 0 Å². The van der Waals surface area contributed by atoms with Gasteiger partial charge in [-0.2, -0.15) is 0 Å². The number of nitrogens with zero attached hydrogens (tertiary/aromatic N) is 3. The van der Waals surface area contributed by atoms with Gasteiger partial charge in [-0.3, -0.25) is 9.78 Å². The largest absolute Gasteiger partial charge is 0.377 e. The van der Waals surface area contributed by atoms with Crippen molar-refractivity contribution in [2.24, 2.45) is 0 Å². The van der Waals surface area contributed by atoms with E-state index in [-0.39, 0.29) is 11.9 Å². The fraction of sp³-hybridized carbons (Fsp3) is 0.227. The monoisotopic (exact) mass is 389 g/mol. The lowest BCUT2D eigenvalue weighted by atomic mass is 10.1. The van der Waals surface area contributed by atoms with Gasteiger partial charge in [-0.15, -0.1) is 11.3 Å². The average molecular weight is 389 g/mol. The van der Waals surface area contributed by atoms with Crippen LogP contribution in [0.15, 0.2) is 54.7 Å². The zero-order valence-corrected chi connectivity index (χ0v) is 16.3. The van der Waals surface area contributed by atoms with Crippen LogP contribution in [0.2, 0.25) is 0 Å². The third-order valence-corrected chi connectivity index (χ3v) is 6.15. The van der Waals surface area contributed by atoms with E-state index in [1.807, 2.05) is 48.2 Å². The molecule has 28 heavy (non-hydrogen) atoms. The van der Waals surface area contributed by atoms with Gasteiger partial charge in [0.05, 0.1) is 35.3 Å². The third-order valence-electron chi connectivity index (χ3n) is 5.12. The van der Waals surface area contributed by atoms with Crippen molar-refractivity contribution < 1.29 is 9.53 Å². The number of ether oxygens (including phenoxy) is 1. The molecule has 1 atom stereocenters. The maximum absolute atomic E-state index is 12.9. The number of morpholine rings is 1. The number of hydrogen-bond acceptors (Lipinski definition) is 5. The summed E-state index contributed by atoms with van der Waals surface area (Å²) in [7, 11) is 0. The van der Waals surface area contributed by atoms with Gasteiger partial charge in [-0.05, 0) is 43.3 Å². The molecule has 4 aromatic rings. The van der Waals surface area contributed by atoms with Crippen molar-refractivity contribution in [1.29, 1.82) is 0 Å². The summed E-state index contributed by atoms with van der Waals surface area (Å²) in [5.74, 6) is 0.0668. The Hall–Kier alpha value is -2.83. The number of fused-ring (bicyclic) bond motifs is 2. The Balaban J connectivity index is 1.50. The number of pyridine rings is 2. The predicted octanol–water partition coefficient (Wildman–Crippen LogP) is 4.37. The summed E-state index contributed by atoms with van der Waals surface area (Å²) in [5.41, 5.74) is 2.92. The molecule has 4 heterocycles. The molecule has 1 aliphatic heterocycles. The van der Waals surface area contributed by atoms with Crippen LogP contribution in [-0.2, 0) is 4.74 Å². The number of rotatable bonds is 2. The highest BCUT2D eigenvalue weighted by molar-refractivity contribution is 7.20. The summed E-state index contributed by atoms with van der Waals surface area (Å²) < 4.78 is 5.44. The fourth-order valence-electron chi connectivity index (χ4n) is 3.59. The molecule has 0 saturated carbocycles. The second-order valence-corrected chi connectivity index (χ2v) is 8.07. The lowest BCUT2D eigenvalue weighted by Crippen LogP contribution is -2.46. The lowest BCUT2D eigenvalue weighted by molar-refractivity contribution is 0.00387. The second kappa shape index (κ2) is 6.96. The van der Waals surface area contributed by atoms with Crippen LogP contribution in [0.1, 0.15) is 16.6 Å². The van der Waals surface area contributed by atoms with E-state index in [4.69, 9.17) is 9.72 Å². The van der Waals surface area contributed by atoms with Crippen molar-refractivity contribution >= 4 is 38.4 Å². The summed E-state index contributed by atoms with van der Waals surface area (Å²) in [5, 5.41) is 2.09. The molecule has 140 valence electrons. The van der Waals surface area contributed by atoms with Crippen molar-refractivity contribution in [3.63, 3.8) is 0 Å². The number of amides is 1. The van der Waals surface area contributed by atoms with E-state index in [0.717, 1.165) is 37.3 Å². The molecule has 0 N–H and O–H groups in total. The van der Waals surface area contributed by atoms with Gasteiger partial charge in [-0.1, -0.05) is 12.1 Å². The Labute approximate surface area is 166 Å². The Morgan fingerprint density at radius 3 is 3.00 bits per heavy atom. The topological polar surface area (TPSA) is 55.3 Å². The van der Waals surface area contributed by atoms with Crippen LogP contribution in [0, 0.1) is 0 Å². The van der Waals surface area contributed by atoms with Crippen LogP contribution in [0.5, 0.6) is 0 Å². The minimum atomic E-state index is 0.0668. The van der Waals surface area contributed by atoms with Crippen molar-refractivity contribution in [1.82, 2.24) is 14.9 Å². The van der Waals surface area contributed by atoms with E-state index in [1.165, 1.54) is 11.3 Å². The molecule has 1 amide bonds. The molecule has 1 aliphatic rings. The quantitative estimate of drug-likeness (QED) is 0.511. The summed E-state index contributed by atoms with van der Waals surface area (Å²) in [4.78, 5) is 25.6. The minimum Gasteiger partial charge on any atom is -0.377 e. The van der Waals surface area contributed by atoms with Crippen LogP contribution < -0.4 is 0 Å². The number of benzene rings is 1. The van der Waals surface area contributed by atoms with Gasteiger partial charge in [0.1, 0.15) is 4.83 Å². The minimum absolute atomic E-state index is 0.0668. The van der Waals surface area contributed by atoms with Crippen molar-refractivity contribution in [2.45, 2.75) is 13.0 Å². The first-order valence-corrected chi connectivity index (χ1v) is 10.2. The molecule has 1 fully saturated rings.